The van der Waals surface area contributed by atoms with E-state index in [2.05, 4.69) is 58.7 Å². The lowest BCUT2D eigenvalue weighted by Crippen LogP contribution is -2.34. The average Bonchev–Trinajstić information content (AvgIpc) is 2.52. The highest BCUT2D eigenvalue weighted by Crippen LogP contribution is 2.48. The van der Waals surface area contributed by atoms with Gasteiger partial charge in [0.1, 0.15) is 0 Å². The minimum atomic E-state index is 0.259. The molecule has 0 spiro atoms. The minimum absolute atomic E-state index is 0.259. The van der Waals surface area contributed by atoms with Crippen molar-refractivity contribution in [2.45, 2.75) is 59.8 Å². The van der Waals surface area contributed by atoms with Crippen LogP contribution in [0.2, 0.25) is 0 Å². The van der Waals surface area contributed by atoms with E-state index in [9.17, 15) is 0 Å². The Balaban J connectivity index is 2.36. The van der Waals surface area contributed by atoms with Crippen LogP contribution in [0.15, 0.2) is 12.1 Å². The Kier molecular flexibility index (Phi) is 2.46. The molecule has 0 aliphatic heterocycles. The van der Waals surface area contributed by atoms with E-state index < -0.39 is 0 Å². The molecule has 1 heteroatoms. The summed E-state index contributed by atoms with van der Waals surface area (Å²) in [6, 6.07) is 4.61. The van der Waals surface area contributed by atoms with Crippen molar-refractivity contribution in [2.24, 2.45) is 5.41 Å². The van der Waals surface area contributed by atoms with Gasteiger partial charge in [0, 0.05) is 16.6 Å². The molecule has 0 fully saturated rings. The first-order valence-corrected chi connectivity index (χ1v) is 7.32. The predicted molar refractivity (Wildman–Crippen MR) is 82.9 cm³/mol. The molecule has 1 aliphatic carbocycles. The van der Waals surface area contributed by atoms with Crippen molar-refractivity contribution in [1.29, 1.82) is 0 Å². The SMILES string of the molecule is Cc1cc(C)c2c3c([nH]c2c1)CC(C)(C)CC3(C)C. The molecule has 0 saturated heterocycles. The van der Waals surface area contributed by atoms with Gasteiger partial charge in [0.05, 0.1) is 0 Å². The molecule has 1 aliphatic rings. The molecule has 1 heterocycles. The summed E-state index contributed by atoms with van der Waals surface area (Å²) in [6.45, 7) is 14.0. The van der Waals surface area contributed by atoms with Crippen molar-refractivity contribution in [3.05, 3.63) is 34.5 Å². The van der Waals surface area contributed by atoms with E-state index in [0.29, 0.717) is 5.41 Å². The first-order valence-electron chi connectivity index (χ1n) is 7.32. The van der Waals surface area contributed by atoms with E-state index in [1.807, 2.05) is 0 Å². The number of nitrogens with one attached hydrogen (secondary N) is 1. The third-order valence-corrected chi connectivity index (χ3v) is 4.57. The predicted octanol–water partition coefficient (Wildman–Crippen LogP) is 5.03. The van der Waals surface area contributed by atoms with E-state index in [-0.39, 0.29) is 5.41 Å². The van der Waals surface area contributed by atoms with Crippen molar-refractivity contribution in [2.75, 3.05) is 0 Å². The van der Waals surface area contributed by atoms with Crippen LogP contribution in [0.3, 0.4) is 0 Å². The fourth-order valence-corrected chi connectivity index (χ4v) is 4.48. The summed E-state index contributed by atoms with van der Waals surface area (Å²) in [5, 5.41) is 1.47. The summed E-state index contributed by atoms with van der Waals surface area (Å²) in [4.78, 5) is 3.71. The van der Waals surface area contributed by atoms with Gasteiger partial charge in [-0.05, 0) is 60.3 Å². The van der Waals surface area contributed by atoms with Crippen LogP contribution < -0.4 is 0 Å². The molecule has 0 atom stereocenters. The lowest BCUT2D eigenvalue weighted by Gasteiger charge is -2.41. The number of aromatic nitrogens is 1. The van der Waals surface area contributed by atoms with Gasteiger partial charge in [0.15, 0.2) is 0 Å². The number of hydrogen-bond donors (Lipinski definition) is 1. The second-order valence-electron chi connectivity index (χ2n) is 7.88. The van der Waals surface area contributed by atoms with E-state index >= 15 is 0 Å². The smallest absolute Gasteiger partial charge is 0.0464 e. The molecule has 0 bridgehead atoms. The zero-order valence-electron chi connectivity index (χ0n) is 13.1. The first kappa shape index (κ1) is 12.8. The minimum Gasteiger partial charge on any atom is -0.358 e. The third kappa shape index (κ3) is 1.91. The molecule has 1 nitrogen and oxygen atoms in total. The van der Waals surface area contributed by atoms with E-state index in [1.54, 1.807) is 5.56 Å². The molecule has 2 aromatic rings. The normalized spacial score (nSPS) is 20.5. The van der Waals surface area contributed by atoms with E-state index in [1.165, 1.54) is 40.6 Å². The van der Waals surface area contributed by atoms with Gasteiger partial charge < -0.3 is 4.98 Å². The summed E-state index contributed by atoms with van der Waals surface area (Å²) in [5.74, 6) is 0. The molecule has 1 aromatic carbocycles. The lowest BCUT2D eigenvalue weighted by molar-refractivity contribution is 0.231. The summed E-state index contributed by atoms with van der Waals surface area (Å²) >= 11 is 0. The second-order valence-corrected chi connectivity index (χ2v) is 7.88. The number of hydrogen-bond acceptors (Lipinski definition) is 0. The Bertz CT molecular complexity index is 656. The number of aryl methyl sites for hydroxylation is 2. The van der Waals surface area contributed by atoms with Gasteiger partial charge in [-0.25, -0.2) is 0 Å². The average molecular weight is 255 g/mol. The largest absolute Gasteiger partial charge is 0.358 e. The monoisotopic (exact) mass is 255 g/mol. The van der Waals surface area contributed by atoms with Gasteiger partial charge in [0.2, 0.25) is 0 Å². The number of aromatic amines is 1. The van der Waals surface area contributed by atoms with Gasteiger partial charge in [-0.2, -0.15) is 0 Å². The number of benzene rings is 1. The highest BCUT2D eigenvalue weighted by Gasteiger charge is 2.39. The fourth-order valence-electron chi connectivity index (χ4n) is 4.48. The Morgan fingerprint density at radius 2 is 1.74 bits per heavy atom. The van der Waals surface area contributed by atoms with Gasteiger partial charge >= 0.3 is 0 Å². The maximum atomic E-state index is 3.71. The molecule has 0 radical (unpaired) electrons. The highest BCUT2D eigenvalue weighted by molar-refractivity contribution is 5.89. The molecule has 102 valence electrons. The summed E-state index contributed by atoms with van der Waals surface area (Å²) < 4.78 is 0. The van der Waals surface area contributed by atoms with Gasteiger partial charge in [-0.3, -0.25) is 0 Å². The van der Waals surface area contributed by atoms with E-state index in [4.69, 9.17) is 0 Å². The Labute approximate surface area is 116 Å². The summed E-state index contributed by atoms with van der Waals surface area (Å²) in [6.07, 6.45) is 2.42. The van der Waals surface area contributed by atoms with Crippen LogP contribution in [0.1, 0.15) is 56.5 Å². The Morgan fingerprint density at radius 1 is 1.05 bits per heavy atom. The van der Waals surface area contributed by atoms with Crippen LogP contribution in [0.25, 0.3) is 10.9 Å². The molecule has 1 aromatic heterocycles. The molecular weight excluding hydrogens is 230 g/mol. The van der Waals surface area contributed by atoms with Crippen LogP contribution in [0.5, 0.6) is 0 Å². The molecule has 0 amide bonds. The number of fused-ring (bicyclic) bond motifs is 3. The standard InChI is InChI=1S/C18H25N/c1-11-7-12(2)15-13(8-11)19-14-9-17(3,4)10-18(5,6)16(14)15/h7-8,19H,9-10H2,1-6H3. The van der Waals surface area contributed by atoms with Crippen molar-refractivity contribution < 1.29 is 0 Å². The van der Waals surface area contributed by atoms with Gasteiger partial charge in [-0.1, -0.05) is 33.8 Å². The molecule has 0 unspecified atom stereocenters. The van der Waals surface area contributed by atoms with Crippen LogP contribution >= 0.6 is 0 Å². The zero-order chi connectivity index (χ0) is 14.0. The van der Waals surface area contributed by atoms with Crippen LogP contribution in [-0.4, -0.2) is 4.98 Å². The zero-order valence-corrected chi connectivity index (χ0v) is 13.1. The maximum Gasteiger partial charge on any atom is 0.0464 e. The van der Waals surface area contributed by atoms with Gasteiger partial charge in [0.25, 0.3) is 0 Å². The van der Waals surface area contributed by atoms with Crippen LogP contribution in [-0.2, 0) is 11.8 Å². The summed E-state index contributed by atoms with van der Waals surface area (Å²) in [7, 11) is 0. The highest BCUT2D eigenvalue weighted by atomic mass is 14.7. The quantitative estimate of drug-likeness (QED) is 0.679. The maximum absolute atomic E-state index is 3.71. The van der Waals surface area contributed by atoms with Crippen molar-refractivity contribution in [3.63, 3.8) is 0 Å². The molecule has 3 rings (SSSR count). The number of rotatable bonds is 0. The topological polar surface area (TPSA) is 15.8 Å². The molecule has 0 saturated carbocycles. The van der Waals surface area contributed by atoms with Gasteiger partial charge in [-0.15, -0.1) is 0 Å². The van der Waals surface area contributed by atoms with Crippen LogP contribution in [0, 0.1) is 19.3 Å². The molecule has 19 heavy (non-hydrogen) atoms. The Morgan fingerprint density at radius 3 is 2.42 bits per heavy atom. The fraction of sp³-hybridized carbons (Fsp3) is 0.556. The van der Waals surface area contributed by atoms with Crippen molar-refractivity contribution in [3.8, 4) is 0 Å². The van der Waals surface area contributed by atoms with Crippen molar-refractivity contribution >= 4 is 10.9 Å². The second kappa shape index (κ2) is 3.65. The Hall–Kier alpha value is -1.24. The van der Waals surface area contributed by atoms with E-state index in [0.717, 1.165) is 0 Å². The number of H-pyrrole nitrogens is 1. The van der Waals surface area contributed by atoms with Crippen LogP contribution in [0.4, 0.5) is 0 Å². The van der Waals surface area contributed by atoms with Crippen molar-refractivity contribution in [1.82, 2.24) is 4.98 Å². The lowest BCUT2D eigenvalue weighted by atomic mass is 9.64. The molecule has 1 N–H and O–H groups in total. The first-order chi connectivity index (χ1) is 8.70. The summed E-state index contributed by atoms with van der Waals surface area (Å²) in [5.41, 5.74) is 7.77. The third-order valence-electron chi connectivity index (χ3n) is 4.57. The molecular formula is C18H25N.